The minimum Gasteiger partial charge on any atom is -0.283 e. The van der Waals surface area contributed by atoms with Crippen LogP contribution in [0.25, 0.3) is 6.08 Å². The number of thioether (sulfide) groups is 1. The number of carbonyl (C=O) groups is 1. The van der Waals surface area contributed by atoms with Gasteiger partial charge in [0.05, 0.1) is 10.6 Å². The number of nitrogens with zero attached hydrogens (tertiary/aromatic N) is 3. The van der Waals surface area contributed by atoms with E-state index in [2.05, 4.69) is 11.9 Å². The van der Waals surface area contributed by atoms with Gasteiger partial charge in [0, 0.05) is 18.4 Å². The molecule has 1 aromatic heterocycles. The van der Waals surface area contributed by atoms with Crippen LogP contribution in [0.2, 0.25) is 0 Å². The Balaban J connectivity index is 1.71. The molecular formula is C22H23N3OS. The molecule has 2 aromatic rings. The maximum absolute atomic E-state index is 13.3. The standard InChI is InChI=1S/C22H23N3OS/c1-16-7-5-6-10-19(16)25-21(26)20(15-17-11-13-23-14-12-17)27-22(25)24-18-8-3-2-4-9-18/h2-4,8-9,11-16,19H,5-7,10H2,1H3/b20-15-,24-22?/t16-,19+/m0/s1. The number of amidine groups is 1. The van der Waals surface area contributed by atoms with Crippen LogP contribution < -0.4 is 0 Å². The molecule has 2 fully saturated rings. The third-order valence-electron chi connectivity index (χ3n) is 5.22. The van der Waals surface area contributed by atoms with Crippen molar-refractivity contribution in [1.29, 1.82) is 0 Å². The number of benzene rings is 1. The highest BCUT2D eigenvalue weighted by atomic mass is 32.2. The topological polar surface area (TPSA) is 45.6 Å². The molecule has 5 heteroatoms. The lowest BCUT2D eigenvalue weighted by molar-refractivity contribution is -0.124. The zero-order chi connectivity index (χ0) is 18.6. The van der Waals surface area contributed by atoms with Crippen molar-refractivity contribution in [2.24, 2.45) is 10.9 Å². The van der Waals surface area contributed by atoms with Crippen LogP contribution in [0, 0.1) is 5.92 Å². The maximum atomic E-state index is 13.3. The Kier molecular flexibility index (Phi) is 5.39. The van der Waals surface area contributed by atoms with Crippen LogP contribution in [0.3, 0.4) is 0 Å². The molecule has 0 bridgehead atoms. The van der Waals surface area contributed by atoms with Gasteiger partial charge in [-0.05, 0) is 66.4 Å². The molecule has 1 aliphatic carbocycles. The molecule has 0 unspecified atom stereocenters. The van der Waals surface area contributed by atoms with Crippen molar-refractivity contribution in [1.82, 2.24) is 9.88 Å². The van der Waals surface area contributed by atoms with E-state index in [1.54, 1.807) is 12.4 Å². The summed E-state index contributed by atoms with van der Waals surface area (Å²) in [6.45, 7) is 2.26. The molecule has 0 N–H and O–H groups in total. The van der Waals surface area contributed by atoms with Crippen molar-refractivity contribution < 1.29 is 4.79 Å². The summed E-state index contributed by atoms with van der Waals surface area (Å²) in [6.07, 6.45) is 10.1. The van der Waals surface area contributed by atoms with Crippen LogP contribution in [-0.2, 0) is 4.79 Å². The average molecular weight is 378 g/mol. The molecule has 4 nitrogen and oxygen atoms in total. The molecule has 1 aliphatic heterocycles. The van der Waals surface area contributed by atoms with Gasteiger partial charge < -0.3 is 0 Å². The van der Waals surface area contributed by atoms with E-state index in [4.69, 9.17) is 4.99 Å². The number of para-hydroxylation sites is 1. The van der Waals surface area contributed by atoms with Crippen LogP contribution in [0.4, 0.5) is 5.69 Å². The summed E-state index contributed by atoms with van der Waals surface area (Å²) < 4.78 is 0. The molecular weight excluding hydrogens is 354 g/mol. The van der Waals surface area contributed by atoms with E-state index in [9.17, 15) is 4.79 Å². The summed E-state index contributed by atoms with van der Waals surface area (Å²) in [5.41, 5.74) is 1.87. The molecule has 2 atom stereocenters. The zero-order valence-corrected chi connectivity index (χ0v) is 16.2. The first kappa shape index (κ1) is 18.0. The molecule has 1 saturated carbocycles. The predicted molar refractivity (Wildman–Crippen MR) is 112 cm³/mol. The van der Waals surface area contributed by atoms with Crippen molar-refractivity contribution in [3.63, 3.8) is 0 Å². The number of hydrogen-bond donors (Lipinski definition) is 0. The smallest absolute Gasteiger partial charge is 0.267 e. The van der Waals surface area contributed by atoms with Crippen molar-refractivity contribution in [3.05, 3.63) is 65.3 Å². The molecule has 27 heavy (non-hydrogen) atoms. The highest BCUT2D eigenvalue weighted by molar-refractivity contribution is 8.18. The highest BCUT2D eigenvalue weighted by Crippen LogP contribution is 2.40. The summed E-state index contributed by atoms with van der Waals surface area (Å²) in [7, 11) is 0. The summed E-state index contributed by atoms with van der Waals surface area (Å²) in [5.74, 6) is 0.565. The van der Waals surface area contributed by atoms with Crippen molar-refractivity contribution in [3.8, 4) is 0 Å². The van der Waals surface area contributed by atoms with Crippen molar-refractivity contribution in [2.45, 2.75) is 38.6 Å². The number of amides is 1. The summed E-state index contributed by atoms with van der Waals surface area (Å²) in [6, 6.07) is 13.9. The van der Waals surface area contributed by atoms with Gasteiger partial charge in [-0.25, -0.2) is 4.99 Å². The van der Waals surface area contributed by atoms with Gasteiger partial charge in [-0.1, -0.05) is 38.0 Å². The van der Waals surface area contributed by atoms with Crippen molar-refractivity contribution >= 4 is 34.6 Å². The second-order valence-corrected chi connectivity index (χ2v) is 8.13. The van der Waals surface area contributed by atoms with Crippen LogP contribution >= 0.6 is 11.8 Å². The second-order valence-electron chi connectivity index (χ2n) is 7.13. The molecule has 2 aliphatic rings. The van der Waals surface area contributed by atoms with Crippen LogP contribution in [0.15, 0.2) is 64.8 Å². The summed E-state index contributed by atoms with van der Waals surface area (Å²) >= 11 is 1.48. The van der Waals surface area contributed by atoms with Gasteiger partial charge in [0.2, 0.25) is 0 Å². The van der Waals surface area contributed by atoms with Gasteiger partial charge in [0.25, 0.3) is 5.91 Å². The molecule has 0 radical (unpaired) electrons. The largest absolute Gasteiger partial charge is 0.283 e. The van der Waals surface area contributed by atoms with Crippen LogP contribution in [-0.4, -0.2) is 27.0 Å². The first-order chi connectivity index (χ1) is 13.2. The molecule has 2 heterocycles. The Labute approximate surface area is 164 Å². The third-order valence-corrected chi connectivity index (χ3v) is 6.20. The van der Waals surface area contributed by atoms with E-state index in [0.717, 1.165) is 27.7 Å². The Bertz CT molecular complexity index is 864. The fraction of sp³-hybridized carbons (Fsp3) is 0.318. The lowest BCUT2D eigenvalue weighted by Crippen LogP contribution is -2.44. The van der Waals surface area contributed by atoms with Crippen LogP contribution in [0.1, 0.15) is 38.2 Å². The third kappa shape index (κ3) is 3.98. The van der Waals surface area contributed by atoms with Gasteiger partial charge in [-0.3, -0.25) is 14.7 Å². The normalized spacial score (nSPS) is 26.1. The van der Waals surface area contributed by atoms with Gasteiger partial charge in [0.15, 0.2) is 5.17 Å². The van der Waals surface area contributed by atoms with E-state index in [1.165, 1.54) is 31.0 Å². The lowest BCUT2D eigenvalue weighted by atomic mass is 9.85. The van der Waals surface area contributed by atoms with E-state index in [0.29, 0.717) is 5.92 Å². The first-order valence-electron chi connectivity index (χ1n) is 9.49. The van der Waals surface area contributed by atoms with Gasteiger partial charge in [-0.15, -0.1) is 0 Å². The number of aliphatic imine (C=N–C) groups is 1. The van der Waals surface area contributed by atoms with Gasteiger partial charge >= 0.3 is 0 Å². The fourth-order valence-electron chi connectivity index (χ4n) is 3.76. The Hall–Kier alpha value is -2.40. The number of rotatable bonds is 3. The Morgan fingerprint density at radius 1 is 1.11 bits per heavy atom. The molecule has 4 rings (SSSR count). The van der Waals surface area contributed by atoms with Crippen molar-refractivity contribution in [2.75, 3.05) is 0 Å². The molecule has 0 spiro atoms. The monoisotopic (exact) mass is 377 g/mol. The number of pyridine rings is 1. The minimum atomic E-state index is 0.0743. The first-order valence-corrected chi connectivity index (χ1v) is 10.3. The number of hydrogen-bond acceptors (Lipinski definition) is 4. The number of aromatic nitrogens is 1. The molecule has 1 aromatic carbocycles. The lowest BCUT2D eigenvalue weighted by Gasteiger charge is -2.35. The quantitative estimate of drug-likeness (QED) is 0.685. The Morgan fingerprint density at radius 2 is 1.85 bits per heavy atom. The molecule has 1 amide bonds. The average Bonchev–Trinajstić information content (AvgIpc) is 2.99. The molecule has 1 saturated heterocycles. The predicted octanol–water partition coefficient (Wildman–Crippen LogP) is 5.26. The van der Waals surface area contributed by atoms with E-state index in [1.807, 2.05) is 53.4 Å². The Morgan fingerprint density at radius 3 is 2.59 bits per heavy atom. The SMILES string of the molecule is C[C@H]1CCCC[C@H]1N1C(=O)/C(=C/c2ccncc2)SC1=Nc1ccccc1. The van der Waals surface area contributed by atoms with E-state index < -0.39 is 0 Å². The van der Waals surface area contributed by atoms with Crippen LogP contribution in [0.5, 0.6) is 0 Å². The van der Waals surface area contributed by atoms with E-state index in [-0.39, 0.29) is 11.9 Å². The second kappa shape index (κ2) is 8.09. The zero-order valence-electron chi connectivity index (χ0n) is 15.4. The highest BCUT2D eigenvalue weighted by Gasteiger charge is 2.40. The maximum Gasteiger partial charge on any atom is 0.267 e. The molecule has 138 valence electrons. The minimum absolute atomic E-state index is 0.0743. The van der Waals surface area contributed by atoms with E-state index >= 15 is 0 Å². The number of carbonyl (C=O) groups excluding carboxylic acids is 1. The van der Waals surface area contributed by atoms with Gasteiger partial charge in [-0.2, -0.15) is 0 Å². The summed E-state index contributed by atoms with van der Waals surface area (Å²) in [4.78, 5) is 24.9. The fourth-order valence-corrected chi connectivity index (χ4v) is 4.81. The van der Waals surface area contributed by atoms with Gasteiger partial charge in [0.1, 0.15) is 0 Å². The summed E-state index contributed by atoms with van der Waals surface area (Å²) in [5, 5.41) is 0.797.